The van der Waals surface area contributed by atoms with Crippen LogP contribution in [0.2, 0.25) is 0 Å². The molecule has 1 aliphatic rings. The van der Waals surface area contributed by atoms with Crippen LogP contribution in [0, 0.1) is 13.8 Å². The summed E-state index contributed by atoms with van der Waals surface area (Å²) in [5, 5.41) is 2.75. The average Bonchev–Trinajstić information content (AvgIpc) is 3.23. The van der Waals surface area contributed by atoms with Gasteiger partial charge >= 0.3 is 0 Å². The third-order valence-corrected chi connectivity index (χ3v) is 8.32. The van der Waals surface area contributed by atoms with E-state index in [1.54, 1.807) is 0 Å². The summed E-state index contributed by atoms with van der Waals surface area (Å²) >= 11 is 1.92. The van der Waals surface area contributed by atoms with E-state index >= 15 is 0 Å². The average molecular weight is 405 g/mol. The van der Waals surface area contributed by atoms with E-state index in [0.29, 0.717) is 0 Å². The van der Waals surface area contributed by atoms with Crippen LogP contribution in [-0.2, 0) is 5.41 Å². The lowest BCUT2D eigenvalue weighted by atomic mass is 9.81. The highest BCUT2D eigenvalue weighted by Crippen LogP contribution is 2.51. The lowest BCUT2D eigenvalue weighted by molar-refractivity contribution is 0.660. The fourth-order valence-electron chi connectivity index (χ4n) is 5.36. The van der Waals surface area contributed by atoms with Gasteiger partial charge in [0.2, 0.25) is 0 Å². The van der Waals surface area contributed by atoms with Gasteiger partial charge in [0, 0.05) is 25.6 Å². The first-order valence-corrected chi connectivity index (χ1v) is 11.4. The Morgan fingerprint density at radius 2 is 1.40 bits per heavy atom. The van der Waals surface area contributed by atoms with E-state index in [4.69, 9.17) is 0 Å². The predicted octanol–water partition coefficient (Wildman–Crippen LogP) is 8.64. The lowest BCUT2D eigenvalue weighted by Crippen LogP contribution is -2.15. The topological polar surface area (TPSA) is 0 Å². The van der Waals surface area contributed by atoms with Crippen molar-refractivity contribution in [2.24, 2.45) is 0 Å². The molecule has 1 heterocycles. The minimum absolute atomic E-state index is 0.0553. The molecule has 5 aromatic rings. The molecule has 0 atom stereocenters. The Labute approximate surface area is 181 Å². The third kappa shape index (κ3) is 2.27. The standard InChI is InChI=1S/C29H24S/c1-17-15-26-24(20-9-5-7-11-25(20)29(26,3)4)16-23(17)19-13-14-22-21-10-6-8-12-27(21)30-28(22)18(19)2/h5-16H,1-4H3. The van der Waals surface area contributed by atoms with Crippen molar-refractivity contribution in [3.8, 4) is 22.3 Å². The fraction of sp³-hybridized carbons (Fsp3) is 0.172. The first kappa shape index (κ1) is 17.9. The van der Waals surface area contributed by atoms with Crippen molar-refractivity contribution in [2.45, 2.75) is 33.1 Å². The number of fused-ring (bicyclic) bond motifs is 6. The summed E-state index contributed by atoms with van der Waals surface area (Å²) in [5.41, 5.74) is 11.2. The fourth-order valence-corrected chi connectivity index (χ4v) is 6.57. The zero-order chi connectivity index (χ0) is 20.6. The monoisotopic (exact) mass is 404 g/mol. The molecule has 1 aromatic heterocycles. The molecule has 1 aliphatic carbocycles. The second-order valence-electron chi connectivity index (χ2n) is 9.10. The normalized spacial score (nSPS) is 14.3. The summed E-state index contributed by atoms with van der Waals surface area (Å²) in [4.78, 5) is 0. The van der Waals surface area contributed by atoms with Crippen LogP contribution in [0.5, 0.6) is 0 Å². The Morgan fingerprint density at radius 3 is 2.27 bits per heavy atom. The Hall–Kier alpha value is -2.90. The second-order valence-corrected chi connectivity index (χ2v) is 10.1. The van der Waals surface area contributed by atoms with Gasteiger partial charge in [0.1, 0.15) is 0 Å². The summed E-state index contributed by atoms with van der Waals surface area (Å²) in [6, 6.07) is 27.2. The van der Waals surface area contributed by atoms with Gasteiger partial charge in [-0.2, -0.15) is 0 Å². The van der Waals surface area contributed by atoms with Crippen LogP contribution >= 0.6 is 11.3 Å². The predicted molar refractivity (Wildman–Crippen MR) is 132 cm³/mol. The lowest BCUT2D eigenvalue weighted by Gasteiger charge is -2.22. The van der Waals surface area contributed by atoms with Crippen molar-refractivity contribution < 1.29 is 0 Å². The van der Waals surface area contributed by atoms with Crippen molar-refractivity contribution >= 4 is 31.5 Å². The van der Waals surface area contributed by atoms with Gasteiger partial charge in [-0.3, -0.25) is 0 Å². The van der Waals surface area contributed by atoms with Crippen LogP contribution in [0.4, 0.5) is 0 Å². The van der Waals surface area contributed by atoms with E-state index in [0.717, 1.165) is 0 Å². The Bertz CT molecular complexity index is 1480. The van der Waals surface area contributed by atoms with Crippen molar-refractivity contribution in [2.75, 3.05) is 0 Å². The van der Waals surface area contributed by atoms with E-state index in [1.165, 1.54) is 64.7 Å². The maximum atomic E-state index is 2.44. The highest BCUT2D eigenvalue weighted by molar-refractivity contribution is 7.26. The molecule has 0 radical (unpaired) electrons. The van der Waals surface area contributed by atoms with E-state index in [-0.39, 0.29) is 5.41 Å². The molecule has 0 unspecified atom stereocenters. The molecule has 6 rings (SSSR count). The molecule has 0 N–H and O–H groups in total. The second kappa shape index (κ2) is 6.06. The molecule has 0 fully saturated rings. The van der Waals surface area contributed by atoms with Crippen molar-refractivity contribution in [1.82, 2.24) is 0 Å². The van der Waals surface area contributed by atoms with Crippen molar-refractivity contribution in [3.63, 3.8) is 0 Å². The first-order valence-electron chi connectivity index (χ1n) is 10.6. The van der Waals surface area contributed by atoms with Crippen molar-refractivity contribution in [3.05, 3.63) is 95.1 Å². The molecule has 0 nitrogen and oxygen atoms in total. The van der Waals surface area contributed by atoms with Gasteiger partial charge in [-0.15, -0.1) is 11.3 Å². The van der Waals surface area contributed by atoms with Gasteiger partial charge in [-0.1, -0.05) is 74.5 Å². The summed E-state index contributed by atoms with van der Waals surface area (Å²) in [6.07, 6.45) is 0. The number of aryl methyl sites for hydroxylation is 2. The van der Waals surface area contributed by atoms with Crippen molar-refractivity contribution in [1.29, 1.82) is 0 Å². The molecule has 0 spiro atoms. The Morgan fingerprint density at radius 1 is 0.633 bits per heavy atom. The number of thiophene rings is 1. The van der Waals surface area contributed by atoms with Gasteiger partial charge in [0.05, 0.1) is 0 Å². The van der Waals surface area contributed by atoms with Gasteiger partial charge in [0.25, 0.3) is 0 Å². The molecule has 1 heteroatoms. The number of hydrogen-bond acceptors (Lipinski definition) is 1. The molecular formula is C29H24S. The Kier molecular flexibility index (Phi) is 3.62. The molecule has 0 saturated heterocycles. The maximum Gasteiger partial charge on any atom is 0.0390 e. The van der Waals surface area contributed by atoms with Gasteiger partial charge in [0.15, 0.2) is 0 Å². The SMILES string of the molecule is Cc1cc2c(cc1-c1ccc3c(sc4ccccc43)c1C)-c1ccccc1C2(C)C. The Balaban J connectivity index is 1.62. The number of benzene rings is 4. The summed E-state index contributed by atoms with van der Waals surface area (Å²) < 4.78 is 2.78. The van der Waals surface area contributed by atoms with Crippen LogP contribution < -0.4 is 0 Å². The van der Waals surface area contributed by atoms with E-state index < -0.39 is 0 Å². The van der Waals surface area contributed by atoms with Crippen LogP contribution in [0.3, 0.4) is 0 Å². The summed E-state index contributed by atoms with van der Waals surface area (Å²) in [5.74, 6) is 0. The molecule has 0 aliphatic heterocycles. The minimum Gasteiger partial charge on any atom is -0.135 e. The number of rotatable bonds is 1. The quantitative estimate of drug-likeness (QED) is 0.262. The number of hydrogen-bond donors (Lipinski definition) is 0. The minimum atomic E-state index is 0.0553. The molecule has 4 aromatic carbocycles. The van der Waals surface area contributed by atoms with Crippen LogP contribution in [0.15, 0.2) is 72.8 Å². The van der Waals surface area contributed by atoms with Gasteiger partial charge in [-0.25, -0.2) is 0 Å². The third-order valence-electron chi connectivity index (χ3n) is 7.01. The van der Waals surface area contributed by atoms with E-state index in [9.17, 15) is 0 Å². The summed E-state index contributed by atoms with van der Waals surface area (Å²) in [7, 11) is 0. The van der Waals surface area contributed by atoms with E-state index in [1.807, 2.05) is 11.3 Å². The molecule has 0 bridgehead atoms. The summed E-state index contributed by atoms with van der Waals surface area (Å²) in [6.45, 7) is 9.26. The highest BCUT2D eigenvalue weighted by Gasteiger charge is 2.35. The molecule has 146 valence electrons. The van der Waals surface area contributed by atoms with Crippen LogP contribution in [-0.4, -0.2) is 0 Å². The maximum absolute atomic E-state index is 2.44. The van der Waals surface area contributed by atoms with Gasteiger partial charge < -0.3 is 0 Å². The molecular weight excluding hydrogens is 380 g/mol. The highest BCUT2D eigenvalue weighted by atomic mass is 32.1. The van der Waals surface area contributed by atoms with Crippen LogP contribution in [0.25, 0.3) is 42.4 Å². The largest absolute Gasteiger partial charge is 0.135 e. The zero-order valence-corrected chi connectivity index (χ0v) is 18.7. The smallest absolute Gasteiger partial charge is 0.0390 e. The van der Waals surface area contributed by atoms with E-state index in [2.05, 4.69) is 100 Å². The molecule has 0 saturated carbocycles. The molecule has 0 amide bonds. The van der Waals surface area contributed by atoms with Crippen LogP contribution in [0.1, 0.15) is 36.1 Å². The molecule has 30 heavy (non-hydrogen) atoms. The van der Waals surface area contributed by atoms with Gasteiger partial charge in [-0.05, 0) is 70.5 Å². The first-order chi connectivity index (χ1) is 14.5. The zero-order valence-electron chi connectivity index (χ0n) is 17.8.